The normalized spacial score (nSPS) is 32.5. The zero-order valence-corrected chi connectivity index (χ0v) is 11.3. The highest BCUT2D eigenvalue weighted by Crippen LogP contribution is 2.40. The minimum Gasteiger partial charge on any atom is -0.481 e. The molecule has 3 rings (SSSR count). The molecule has 2 unspecified atom stereocenters. The van der Waals surface area contributed by atoms with E-state index in [9.17, 15) is 9.59 Å². The molecule has 0 aromatic carbocycles. The van der Waals surface area contributed by atoms with Gasteiger partial charge in [-0.3, -0.25) is 14.5 Å². The van der Waals surface area contributed by atoms with Crippen molar-refractivity contribution >= 4 is 11.9 Å². The summed E-state index contributed by atoms with van der Waals surface area (Å²) >= 11 is 0. The molecule has 1 N–H and O–H groups in total. The molecule has 2 saturated carbocycles. The van der Waals surface area contributed by atoms with E-state index in [2.05, 4.69) is 4.90 Å². The predicted octanol–water partition coefficient (Wildman–Crippen LogP) is 0.794. The van der Waals surface area contributed by atoms with Crippen LogP contribution < -0.4 is 0 Å². The molecule has 5 heteroatoms. The van der Waals surface area contributed by atoms with Crippen LogP contribution in [0.4, 0.5) is 0 Å². The third kappa shape index (κ3) is 2.61. The standard InChI is InChI=1S/C14H22N2O3/c17-13(11-9-12(11)14(18)19)16-7-5-15(6-8-16)10-3-1-2-4-10/h10-12H,1-9H2,(H,18,19). The van der Waals surface area contributed by atoms with Gasteiger partial charge in [0.25, 0.3) is 0 Å². The number of hydrogen-bond acceptors (Lipinski definition) is 3. The lowest BCUT2D eigenvalue weighted by Gasteiger charge is -2.38. The topological polar surface area (TPSA) is 60.9 Å². The monoisotopic (exact) mass is 266 g/mol. The van der Waals surface area contributed by atoms with Crippen LogP contribution in [0.5, 0.6) is 0 Å². The number of amides is 1. The minimum atomic E-state index is -0.817. The molecule has 0 radical (unpaired) electrons. The van der Waals surface area contributed by atoms with E-state index in [-0.39, 0.29) is 11.8 Å². The smallest absolute Gasteiger partial charge is 0.307 e. The Labute approximate surface area is 113 Å². The molecule has 2 aliphatic carbocycles. The molecule has 1 aliphatic heterocycles. The van der Waals surface area contributed by atoms with E-state index in [0.717, 1.165) is 32.2 Å². The molecular formula is C14H22N2O3. The number of rotatable bonds is 3. The maximum atomic E-state index is 12.1. The number of carboxylic acids is 1. The van der Waals surface area contributed by atoms with Gasteiger partial charge in [0.2, 0.25) is 5.91 Å². The molecule has 2 atom stereocenters. The first kappa shape index (κ1) is 12.9. The Bertz CT molecular complexity index is 371. The van der Waals surface area contributed by atoms with Crippen LogP contribution in [0.15, 0.2) is 0 Å². The zero-order valence-electron chi connectivity index (χ0n) is 11.3. The molecule has 1 heterocycles. The van der Waals surface area contributed by atoms with Crippen molar-refractivity contribution in [3.8, 4) is 0 Å². The first-order chi connectivity index (χ1) is 9.16. The number of nitrogens with zero attached hydrogens (tertiary/aromatic N) is 2. The SMILES string of the molecule is O=C(O)C1CC1C(=O)N1CCN(C2CCCC2)CC1. The van der Waals surface area contributed by atoms with Crippen LogP contribution in [0.3, 0.4) is 0 Å². The van der Waals surface area contributed by atoms with Crippen LogP contribution in [-0.2, 0) is 9.59 Å². The fourth-order valence-corrected chi connectivity index (χ4v) is 3.55. The van der Waals surface area contributed by atoms with E-state index in [1.807, 2.05) is 4.90 Å². The zero-order chi connectivity index (χ0) is 13.4. The molecule has 3 aliphatic rings. The fraction of sp³-hybridized carbons (Fsp3) is 0.857. The van der Waals surface area contributed by atoms with E-state index < -0.39 is 11.9 Å². The first-order valence-corrected chi connectivity index (χ1v) is 7.42. The number of carbonyl (C=O) groups excluding carboxylic acids is 1. The molecule has 3 fully saturated rings. The van der Waals surface area contributed by atoms with Gasteiger partial charge in [-0.1, -0.05) is 12.8 Å². The molecule has 106 valence electrons. The van der Waals surface area contributed by atoms with Crippen LogP contribution in [0.2, 0.25) is 0 Å². The van der Waals surface area contributed by atoms with Gasteiger partial charge in [0.05, 0.1) is 11.8 Å². The number of carbonyl (C=O) groups is 2. The maximum Gasteiger partial charge on any atom is 0.307 e. The summed E-state index contributed by atoms with van der Waals surface area (Å²) in [6.07, 6.45) is 5.82. The Morgan fingerprint density at radius 1 is 0.947 bits per heavy atom. The number of aliphatic carboxylic acids is 1. The van der Waals surface area contributed by atoms with Crippen molar-refractivity contribution in [1.29, 1.82) is 0 Å². The summed E-state index contributed by atoms with van der Waals surface area (Å²) < 4.78 is 0. The summed E-state index contributed by atoms with van der Waals surface area (Å²) in [5.74, 6) is -1.41. The third-order valence-corrected chi connectivity index (χ3v) is 4.89. The van der Waals surface area contributed by atoms with Crippen LogP contribution in [0.1, 0.15) is 32.1 Å². The van der Waals surface area contributed by atoms with Crippen LogP contribution in [-0.4, -0.2) is 59.0 Å². The highest BCUT2D eigenvalue weighted by atomic mass is 16.4. The highest BCUT2D eigenvalue weighted by Gasteiger charge is 2.50. The van der Waals surface area contributed by atoms with Crippen molar-refractivity contribution in [2.45, 2.75) is 38.1 Å². The molecule has 0 aromatic rings. The van der Waals surface area contributed by atoms with Gasteiger partial charge < -0.3 is 10.0 Å². The average molecular weight is 266 g/mol. The molecule has 1 amide bonds. The molecular weight excluding hydrogens is 244 g/mol. The Balaban J connectivity index is 1.47. The average Bonchev–Trinajstić information content (AvgIpc) is 3.05. The second-order valence-corrected chi connectivity index (χ2v) is 6.09. The highest BCUT2D eigenvalue weighted by molar-refractivity contribution is 5.89. The van der Waals surface area contributed by atoms with Crippen molar-refractivity contribution in [3.05, 3.63) is 0 Å². The van der Waals surface area contributed by atoms with E-state index >= 15 is 0 Å². The van der Waals surface area contributed by atoms with Gasteiger partial charge in [-0.15, -0.1) is 0 Å². The van der Waals surface area contributed by atoms with E-state index in [1.165, 1.54) is 25.7 Å². The lowest BCUT2D eigenvalue weighted by molar-refractivity contribution is -0.142. The van der Waals surface area contributed by atoms with Gasteiger partial charge in [-0.2, -0.15) is 0 Å². The molecule has 0 bridgehead atoms. The number of carboxylic acid groups (broad SMARTS) is 1. The Morgan fingerprint density at radius 2 is 1.58 bits per heavy atom. The summed E-state index contributed by atoms with van der Waals surface area (Å²) in [6.45, 7) is 3.47. The van der Waals surface area contributed by atoms with E-state index in [0.29, 0.717) is 6.42 Å². The summed E-state index contributed by atoms with van der Waals surface area (Å²) in [6, 6.07) is 0.727. The van der Waals surface area contributed by atoms with Gasteiger partial charge in [-0.05, 0) is 19.3 Å². The number of piperazine rings is 1. The van der Waals surface area contributed by atoms with Gasteiger partial charge in [-0.25, -0.2) is 0 Å². The van der Waals surface area contributed by atoms with E-state index in [4.69, 9.17) is 5.11 Å². The fourth-order valence-electron chi connectivity index (χ4n) is 3.55. The lowest BCUT2D eigenvalue weighted by atomic mass is 10.1. The van der Waals surface area contributed by atoms with Gasteiger partial charge in [0, 0.05) is 32.2 Å². The largest absolute Gasteiger partial charge is 0.481 e. The third-order valence-electron chi connectivity index (χ3n) is 4.89. The van der Waals surface area contributed by atoms with Gasteiger partial charge in [0.15, 0.2) is 0 Å². The van der Waals surface area contributed by atoms with Crippen molar-refractivity contribution in [3.63, 3.8) is 0 Å². The Kier molecular flexibility index (Phi) is 3.48. The summed E-state index contributed by atoms with van der Waals surface area (Å²) in [7, 11) is 0. The van der Waals surface area contributed by atoms with Crippen LogP contribution in [0.25, 0.3) is 0 Å². The van der Waals surface area contributed by atoms with Crippen molar-refractivity contribution in [1.82, 2.24) is 9.80 Å². The second kappa shape index (κ2) is 5.12. The molecule has 5 nitrogen and oxygen atoms in total. The van der Waals surface area contributed by atoms with Crippen LogP contribution >= 0.6 is 0 Å². The quantitative estimate of drug-likeness (QED) is 0.820. The number of hydrogen-bond donors (Lipinski definition) is 1. The maximum absolute atomic E-state index is 12.1. The lowest BCUT2D eigenvalue weighted by Crippen LogP contribution is -2.51. The van der Waals surface area contributed by atoms with Crippen LogP contribution in [0, 0.1) is 11.8 Å². The summed E-state index contributed by atoms with van der Waals surface area (Å²) in [5, 5.41) is 8.88. The van der Waals surface area contributed by atoms with Crippen molar-refractivity contribution in [2.24, 2.45) is 11.8 Å². The Morgan fingerprint density at radius 3 is 2.11 bits per heavy atom. The Hall–Kier alpha value is -1.10. The second-order valence-electron chi connectivity index (χ2n) is 6.09. The molecule has 19 heavy (non-hydrogen) atoms. The van der Waals surface area contributed by atoms with Crippen molar-refractivity contribution < 1.29 is 14.7 Å². The molecule has 0 aromatic heterocycles. The van der Waals surface area contributed by atoms with Crippen molar-refractivity contribution in [2.75, 3.05) is 26.2 Å². The first-order valence-electron chi connectivity index (χ1n) is 7.42. The minimum absolute atomic E-state index is 0.0680. The predicted molar refractivity (Wildman–Crippen MR) is 69.6 cm³/mol. The summed E-state index contributed by atoms with van der Waals surface area (Å²) in [4.78, 5) is 27.3. The molecule has 1 saturated heterocycles. The molecule has 0 spiro atoms. The van der Waals surface area contributed by atoms with Gasteiger partial charge >= 0.3 is 5.97 Å². The van der Waals surface area contributed by atoms with E-state index in [1.54, 1.807) is 0 Å². The summed E-state index contributed by atoms with van der Waals surface area (Å²) in [5.41, 5.74) is 0. The van der Waals surface area contributed by atoms with Gasteiger partial charge in [0.1, 0.15) is 0 Å².